The van der Waals surface area contributed by atoms with Gasteiger partial charge in [-0.2, -0.15) is 0 Å². The van der Waals surface area contributed by atoms with Crippen LogP contribution in [-0.4, -0.2) is 54.0 Å². The summed E-state index contributed by atoms with van der Waals surface area (Å²) in [6.45, 7) is 4.23. The number of aliphatic hydroxyl groups is 1. The minimum atomic E-state index is -0.0480. The van der Waals surface area contributed by atoms with Crippen molar-refractivity contribution >= 4 is 12.6 Å². The summed E-state index contributed by atoms with van der Waals surface area (Å²) in [7, 11) is 0. The van der Waals surface area contributed by atoms with Gasteiger partial charge in [0.1, 0.15) is 0 Å². The SMILES string of the molecule is O=c1cc(S)ccn1N1CCN(CCO)CC1. The van der Waals surface area contributed by atoms with Crippen molar-refractivity contribution in [2.45, 2.75) is 4.90 Å². The smallest absolute Gasteiger partial charge is 0.270 e. The summed E-state index contributed by atoms with van der Waals surface area (Å²) in [5.74, 6) is 0. The first-order valence-electron chi connectivity index (χ1n) is 5.71. The molecule has 0 atom stereocenters. The Bertz CT molecular complexity index is 427. The van der Waals surface area contributed by atoms with Crippen molar-refractivity contribution in [1.82, 2.24) is 9.58 Å². The highest BCUT2D eigenvalue weighted by Gasteiger charge is 2.16. The van der Waals surface area contributed by atoms with E-state index in [9.17, 15) is 4.79 Å². The Morgan fingerprint density at radius 1 is 1.29 bits per heavy atom. The summed E-state index contributed by atoms with van der Waals surface area (Å²) in [5.41, 5.74) is -0.0480. The Hall–Kier alpha value is -0.980. The first-order chi connectivity index (χ1) is 8.20. The summed E-state index contributed by atoms with van der Waals surface area (Å²) in [6, 6.07) is 3.33. The summed E-state index contributed by atoms with van der Waals surface area (Å²) >= 11 is 4.14. The number of piperazine rings is 1. The maximum Gasteiger partial charge on any atom is 0.270 e. The number of β-amino-alcohol motifs (C(OH)–C–C–N with tert-alkyl or cyclic N) is 1. The van der Waals surface area contributed by atoms with E-state index in [0.717, 1.165) is 26.2 Å². The molecule has 1 aliphatic rings. The lowest BCUT2D eigenvalue weighted by Crippen LogP contribution is -2.54. The molecule has 1 aromatic rings. The second kappa shape index (κ2) is 5.57. The van der Waals surface area contributed by atoms with Gasteiger partial charge in [0, 0.05) is 49.9 Å². The molecule has 1 N–H and O–H groups in total. The lowest BCUT2D eigenvalue weighted by Gasteiger charge is -2.36. The van der Waals surface area contributed by atoms with Crippen molar-refractivity contribution < 1.29 is 5.11 Å². The molecule has 1 aromatic heterocycles. The van der Waals surface area contributed by atoms with Crippen molar-refractivity contribution in [3.63, 3.8) is 0 Å². The van der Waals surface area contributed by atoms with E-state index in [0.29, 0.717) is 11.4 Å². The van der Waals surface area contributed by atoms with Gasteiger partial charge < -0.3 is 10.1 Å². The van der Waals surface area contributed by atoms with Gasteiger partial charge in [-0.15, -0.1) is 12.6 Å². The molecular weight excluding hydrogens is 238 g/mol. The van der Waals surface area contributed by atoms with Crippen molar-refractivity contribution in [3.05, 3.63) is 28.7 Å². The van der Waals surface area contributed by atoms with Crippen molar-refractivity contribution in [3.8, 4) is 0 Å². The van der Waals surface area contributed by atoms with Gasteiger partial charge in [0.25, 0.3) is 5.56 Å². The highest BCUT2D eigenvalue weighted by Crippen LogP contribution is 2.03. The van der Waals surface area contributed by atoms with Gasteiger partial charge in [-0.1, -0.05) is 0 Å². The molecule has 1 fully saturated rings. The first-order valence-corrected chi connectivity index (χ1v) is 6.15. The second-order valence-electron chi connectivity index (χ2n) is 4.09. The van der Waals surface area contributed by atoms with Crippen LogP contribution >= 0.6 is 12.6 Å². The minimum Gasteiger partial charge on any atom is -0.395 e. The van der Waals surface area contributed by atoms with E-state index in [1.54, 1.807) is 10.9 Å². The van der Waals surface area contributed by atoms with Crippen LogP contribution in [0.4, 0.5) is 0 Å². The lowest BCUT2D eigenvalue weighted by molar-refractivity contribution is 0.180. The topological polar surface area (TPSA) is 48.7 Å². The lowest BCUT2D eigenvalue weighted by atomic mass is 10.3. The molecule has 0 aromatic carbocycles. The van der Waals surface area contributed by atoms with Crippen LogP contribution in [-0.2, 0) is 0 Å². The van der Waals surface area contributed by atoms with Crippen LogP contribution in [0.3, 0.4) is 0 Å². The fourth-order valence-electron chi connectivity index (χ4n) is 2.01. The zero-order valence-electron chi connectivity index (χ0n) is 9.62. The molecule has 6 heteroatoms. The van der Waals surface area contributed by atoms with Crippen LogP contribution in [0, 0.1) is 0 Å². The zero-order valence-corrected chi connectivity index (χ0v) is 10.5. The number of aromatic nitrogens is 1. The monoisotopic (exact) mass is 255 g/mol. The fraction of sp³-hybridized carbons (Fsp3) is 0.545. The van der Waals surface area contributed by atoms with Gasteiger partial charge in [0.15, 0.2) is 0 Å². The van der Waals surface area contributed by atoms with E-state index in [1.807, 2.05) is 11.1 Å². The third-order valence-electron chi connectivity index (χ3n) is 2.95. The van der Waals surface area contributed by atoms with Gasteiger partial charge in [-0.05, 0) is 6.07 Å². The molecule has 2 heterocycles. The molecule has 0 aliphatic carbocycles. The van der Waals surface area contributed by atoms with E-state index in [2.05, 4.69) is 17.5 Å². The fourth-order valence-corrected chi connectivity index (χ4v) is 2.19. The van der Waals surface area contributed by atoms with Crippen molar-refractivity contribution in [2.24, 2.45) is 0 Å². The molecule has 1 saturated heterocycles. The average molecular weight is 255 g/mol. The van der Waals surface area contributed by atoms with Crippen molar-refractivity contribution in [2.75, 3.05) is 44.3 Å². The molecule has 1 aliphatic heterocycles. The van der Waals surface area contributed by atoms with E-state index in [4.69, 9.17) is 5.11 Å². The second-order valence-corrected chi connectivity index (χ2v) is 4.60. The van der Waals surface area contributed by atoms with Gasteiger partial charge in [0.05, 0.1) is 6.61 Å². The maximum absolute atomic E-state index is 11.8. The van der Waals surface area contributed by atoms with Crippen LogP contribution < -0.4 is 10.6 Å². The normalized spacial score (nSPS) is 17.4. The molecule has 0 spiro atoms. The van der Waals surface area contributed by atoms with Gasteiger partial charge >= 0.3 is 0 Å². The van der Waals surface area contributed by atoms with Gasteiger partial charge in [-0.3, -0.25) is 9.69 Å². The standard InChI is InChI=1S/C11H17N3O2S/c15-8-7-12-3-5-13(6-4-12)14-2-1-10(17)9-11(14)16/h1-2,9,15,17H,3-8H2. The Balaban J connectivity index is 2.03. The molecule has 2 rings (SSSR count). The number of aliphatic hydroxyl groups excluding tert-OH is 1. The van der Waals surface area contributed by atoms with Crippen LogP contribution in [0.25, 0.3) is 0 Å². The summed E-state index contributed by atoms with van der Waals surface area (Å²) in [4.78, 5) is 14.6. The Labute approximate surface area is 106 Å². The third kappa shape index (κ3) is 3.02. The number of nitrogens with zero attached hydrogens (tertiary/aromatic N) is 3. The molecule has 0 amide bonds. The number of pyridine rings is 1. The van der Waals surface area contributed by atoms with E-state index in [-0.39, 0.29) is 12.2 Å². The number of hydrogen-bond acceptors (Lipinski definition) is 5. The van der Waals surface area contributed by atoms with Gasteiger partial charge in [-0.25, -0.2) is 4.68 Å². The van der Waals surface area contributed by atoms with E-state index in [1.165, 1.54) is 6.07 Å². The van der Waals surface area contributed by atoms with E-state index < -0.39 is 0 Å². The largest absolute Gasteiger partial charge is 0.395 e. The Kier molecular flexibility index (Phi) is 4.09. The zero-order chi connectivity index (χ0) is 12.3. The average Bonchev–Trinajstić information content (AvgIpc) is 2.31. The third-order valence-corrected chi connectivity index (χ3v) is 3.23. The summed E-state index contributed by atoms with van der Waals surface area (Å²) in [6.07, 6.45) is 1.76. The number of thiol groups is 1. The molecule has 0 bridgehead atoms. The minimum absolute atomic E-state index is 0.0480. The van der Waals surface area contributed by atoms with E-state index >= 15 is 0 Å². The number of rotatable bonds is 3. The Morgan fingerprint density at radius 2 is 2.00 bits per heavy atom. The predicted octanol–water partition coefficient (Wildman–Crippen LogP) is -0.617. The Morgan fingerprint density at radius 3 is 2.59 bits per heavy atom. The first kappa shape index (κ1) is 12.5. The molecule has 94 valence electrons. The highest BCUT2D eigenvalue weighted by molar-refractivity contribution is 7.80. The number of hydrogen-bond donors (Lipinski definition) is 2. The van der Waals surface area contributed by atoms with Crippen LogP contribution in [0.15, 0.2) is 28.0 Å². The summed E-state index contributed by atoms with van der Waals surface area (Å²) < 4.78 is 1.63. The summed E-state index contributed by atoms with van der Waals surface area (Å²) in [5, 5.41) is 10.9. The van der Waals surface area contributed by atoms with Crippen molar-refractivity contribution in [1.29, 1.82) is 0 Å². The predicted molar refractivity (Wildman–Crippen MR) is 69.4 cm³/mol. The van der Waals surface area contributed by atoms with Crippen LogP contribution in [0.2, 0.25) is 0 Å². The molecule has 5 nitrogen and oxygen atoms in total. The molecule has 0 saturated carbocycles. The van der Waals surface area contributed by atoms with Crippen LogP contribution in [0.1, 0.15) is 0 Å². The van der Waals surface area contributed by atoms with Gasteiger partial charge in [0.2, 0.25) is 0 Å². The molecular formula is C11H17N3O2S. The molecule has 0 unspecified atom stereocenters. The molecule has 0 radical (unpaired) electrons. The van der Waals surface area contributed by atoms with Crippen LogP contribution in [0.5, 0.6) is 0 Å². The highest BCUT2D eigenvalue weighted by atomic mass is 32.1. The maximum atomic E-state index is 11.8. The quantitative estimate of drug-likeness (QED) is 0.707. The molecule has 17 heavy (non-hydrogen) atoms.